The first-order valence-corrected chi connectivity index (χ1v) is 7.39. The third-order valence-corrected chi connectivity index (χ3v) is 3.73. The summed E-state index contributed by atoms with van der Waals surface area (Å²) in [5, 5.41) is 3.21. The molecule has 2 amide bonds. The predicted molar refractivity (Wildman–Crippen MR) is 87.7 cm³/mol. The normalized spacial score (nSPS) is 14.3. The SMILES string of the molecule is CN1CCCN(C(=O)Nc2cccnc2)c2nc(Cl)ccc21. The van der Waals surface area contributed by atoms with Crippen molar-refractivity contribution in [3.05, 3.63) is 41.8 Å². The maximum Gasteiger partial charge on any atom is 0.327 e. The molecule has 2 aromatic heterocycles. The van der Waals surface area contributed by atoms with Crippen molar-refractivity contribution in [1.82, 2.24) is 9.97 Å². The summed E-state index contributed by atoms with van der Waals surface area (Å²) in [5.74, 6) is 0.578. The Hall–Kier alpha value is -2.34. The van der Waals surface area contributed by atoms with Crippen LogP contribution in [0.15, 0.2) is 36.7 Å². The number of urea groups is 1. The number of nitrogens with zero attached hydrogens (tertiary/aromatic N) is 4. The molecular weight excluding hydrogens is 302 g/mol. The molecule has 7 heteroatoms. The maximum atomic E-state index is 12.6. The number of anilines is 3. The highest BCUT2D eigenvalue weighted by atomic mass is 35.5. The second kappa shape index (κ2) is 6.19. The monoisotopic (exact) mass is 317 g/mol. The van der Waals surface area contributed by atoms with Crippen LogP contribution in [0.2, 0.25) is 5.15 Å². The van der Waals surface area contributed by atoms with E-state index in [0.29, 0.717) is 23.2 Å². The number of nitrogens with one attached hydrogen (secondary N) is 1. The van der Waals surface area contributed by atoms with Gasteiger partial charge in [-0.15, -0.1) is 0 Å². The van der Waals surface area contributed by atoms with Gasteiger partial charge in [-0.05, 0) is 30.7 Å². The van der Waals surface area contributed by atoms with Gasteiger partial charge in [-0.3, -0.25) is 9.88 Å². The number of rotatable bonds is 1. The van der Waals surface area contributed by atoms with Crippen LogP contribution in [0.1, 0.15) is 6.42 Å². The number of hydrogen-bond acceptors (Lipinski definition) is 4. The molecule has 2 aromatic rings. The summed E-state index contributed by atoms with van der Waals surface area (Å²) < 4.78 is 0. The zero-order chi connectivity index (χ0) is 15.5. The van der Waals surface area contributed by atoms with Crippen LogP contribution in [0.5, 0.6) is 0 Å². The smallest absolute Gasteiger partial charge is 0.327 e. The van der Waals surface area contributed by atoms with E-state index in [1.54, 1.807) is 35.5 Å². The summed E-state index contributed by atoms with van der Waals surface area (Å²) >= 11 is 6.01. The summed E-state index contributed by atoms with van der Waals surface area (Å²) in [5.41, 5.74) is 1.54. The summed E-state index contributed by atoms with van der Waals surface area (Å²) in [6.45, 7) is 1.43. The first kappa shape index (κ1) is 14.6. The zero-order valence-electron chi connectivity index (χ0n) is 12.2. The zero-order valence-corrected chi connectivity index (χ0v) is 12.9. The number of fused-ring (bicyclic) bond motifs is 1. The Morgan fingerprint density at radius 1 is 1.32 bits per heavy atom. The third kappa shape index (κ3) is 2.96. The number of pyridine rings is 2. The standard InChI is InChI=1S/C15H16ClN5O/c1-20-8-3-9-21(14-12(20)5-6-13(16)19-14)15(22)18-11-4-2-7-17-10-11/h2,4-7,10H,3,8-9H2,1H3,(H,18,22). The molecular formula is C15H16ClN5O. The Kier molecular flexibility index (Phi) is 4.11. The van der Waals surface area contributed by atoms with Crippen molar-refractivity contribution < 1.29 is 4.79 Å². The summed E-state index contributed by atoms with van der Waals surface area (Å²) in [4.78, 5) is 24.6. The van der Waals surface area contributed by atoms with Gasteiger partial charge in [0.05, 0.1) is 17.6 Å². The van der Waals surface area contributed by atoms with Gasteiger partial charge in [0, 0.05) is 26.3 Å². The molecule has 0 radical (unpaired) electrons. The molecule has 0 fully saturated rings. The van der Waals surface area contributed by atoms with Gasteiger partial charge in [0.1, 0.15) is 5.15 Å². The fourth-order valence-corrected chi connectivity index (χ4v) is 2.58. The van der Waals surface area contributed by atoms with Gasteiger partial charge in [-0.2, -0.15) is 0 Å². The number of carbonyl (C=O) groups excluding carboxylic acids is 1. The van der Waals surface area contributed by atoms with E-state index in [1.807, 2.05) is 13.1 Å². The van der Waals surface area contributed by atoms with Crippen LogP contribution in [-0.4, -0.2) is 36.1 Å². The Balaban J connectivity index is 1.91. The van der Waals surface area contributed by atoms with Gasteiger partial charge in [0.2, 0.25) is 0 Å². The van der Waals surface area contributed by atoms with Crippen molar-refractivity contribution >= 4 is 34.8 Å². The summed E-state index contributed by atoms with van der Waals surface area (Å²) in [7, 11) is 1.98. The average molecular weight is 318 g/mol. The van der Waals surface area contributed by atoms with E-state index in [4.69, 9.17) is 11.6 Å². The van der Waals surface area contributed by atoms with Gasteiger partial charge in [-0.1, -0.05) is 11.6 Å². The van der Waals surface area contributed by atoms with E-state index < -0.39 is 0 Å². The van der Waals surface area contributed by atoms with Gasteiger partial charge in [-0.25, -0.2) is 9.78 Å². The Bertz CT molecular complexity index is 679. The van der Waals surface area contributed by atoms with Crippen molar-refractivity contribution in [3.63, 3.8) is 0 Å². The van der Waals surface area contributed by atoms with E-state index in [9.17, 15) is 4.79 Å². The Morgan fingerprint density at radius 3 is 2.95 bits per heavy atom. The van der Waals surface area contributed by atoms with Crippen LogP contribution in [0.25, 0.3) is 0 Å². The van der Waals surface area contributed by atoms with Gasteiger partial charge < -0.3 is 10.2 Å². The lowest BCUT2D eigenvalue weighted by Crippen LogP contribution is -2.36. The highest BCUT2D eigenvalue weighted by Crippen LogP contribution is 2.31. The number of hydrogen-bond donors (Lipinski definition) is 1. The van der Waals surface area contributed by atoms with E-state index in [-0.39, 0.29) is 6.03 Å². The molecule has 0 unspecified atom stereocenters. The molecule has 0 aliphatic carbocycles. The molecule has 1 N–H and O–H groups in total. The maximum absolute atomic E-state index is 12.6. The van der Waals surface area contributed by atoms with E-state index in [0.717, 1.165) is 18.7 Å². The fraction of sp³-hybridized carbons (Fsp3) is 0.267. The van der Waals surface area contributed by atoms with Crippen LogP contribution in [0, 0.1) is 0 Å². The molecule has 3 heterocycles. The molecule has 114 valence electrons. The van der Waals surface area contributed by atoms with Crippen LogP contribution in [0.4, 0.5) is 22.0 Å². The third-order valence-electron chi connectivity index (χ3n) is 3.52. The molecule has 22 heavy (non-hydrogen) atoms. The van der Waals surface area contributed by atoms with E-state index >= 15 is 0 Å². The first-order valence-electron chi connectivity index (χ1n) is 7.01. The summed E-state index contributed by atoms with van der Waals surface area (Å²) in [6, 6.07) is 6.95. The Labute approximate surface area is 133 Å². The quantitative estimate of drug-likeness (QED) is 0.821. The average Bonchev–Trinajstić information content (AvgIpc) is 2.67. The minimum Gasteiger partial charge on any atom is -0.372 e. The molecule has 0 bridgehead atoms. The number of halogens is 1. The molecule has 0 saturated heterocycles. The van der Waals surface area contributed by atoms with Gasteiger partial charge >= 0.3 is 6.03 Å². The van der Waals surface area contributed by atoms with Crippen LogP contribution in [-0.2, 0) is 0 Å². The van der Waals surface area contributed by atoms with Crippen LogP contribution < -0.4 is 15.1 Å². The highest BCUT2D eigenvalue weighted by molar-refractivity contribution is 6.29. The molecule has 0 saturated carbocycles. The number of carbonyl (C=O) groups is 1. The minimum atomic E-state index is -0.237. The second-order valence-electron chi connectivity index (χ2n) is 5.08. The minimum absolute atomic E-state index is 0.237. The second-order valence-corrected chi connectivity index (χ2v) is 5.46. The van der Waals surface area contributed by atoms with Gasteiger partial charge in [0.25, 0.3) is 0 Å². The highest BCUT2D eigenvalue weighted by Gasteiger charge is 2.25. The molecule has 0 aromatic carbocycles. The Morgan fingerprint density at radius 2 is 2.18 bits per heavy atom. The van der Waals surface area contributed by atoms with E-state index in [1.165, 1.54) is 0 Å². The van der Waals surface area contributed by atoms with Gasteiger partial charge in [0.15, 0.2) is 5.82 Å². The lowest BCUT2D eigenvalue weighted by Gasteiger charge is -2.23. The molecule has 3 rings (SSSR count). The van der Waals surface area contributed by atoms with Crippen molar-refractivity contribution in [2.24, 2.45) is 0 Å². The van der Waals surface area contributed by atoms with Crippen molar-refractivity contribution in [1.29, 1.82) is 0 Å². The van der Waals surface area contributed by atoms with Crippen molar-refractivity contribution in [2.75, 3.05) is 35.3 Å². The number of aromatic nitrogens is 2. The first-order chi connectivity index (χ1) is 10.6. The topological polar surface area (TPSA) is 61.4 Å². The van der Waals surface area contributed by atoms with E-state index in [2.05, 4.69) is 20.2 Å². The molecule has 0 atom stereocenters. The molecule has 1 aliphatic rings. The van der Waals surface area contributed by atoms with Crippen molar-refractivity contribution in [3.8, 4) is 0 Å². The van der Waals surface area contributed by atoms with Crippen LogP contribution >= 0.6 is 11.6 Å². The molecule has 1 aliphatic heterocycles. The number of amides is 2. The predicted octanol–water partition coefficient (Wildman–Crippen LogP) is 3.01. The van der Waals surface area contributed by atoms with Crippen molar-refractivity contribution in [2.45, 2.75) is 6.42 Å². The molecule has 6 nitrogen and oxygen atoms in total. The summed E-state index contributed by atoms with van der Waals surface area (Å²) in [6.07, 6.45) is 4.12. The molecule has 0 spiro atoms. The fourth-order valence-electron chi connectivity index (χ4n) is 2.43. The van der Waals surface area contributed by atoms with Crippen LogP contribution in [0.3, 0.4) is 0 Å². The largest absolute Gasteiger partial charge is 0.372 e. The lowest BCUT2D eigenvalue weighted by atomic mass is 10.3. The lowest BCUT2D eigenvalue weighted by molar-refractivity contribution is 0.257.